The number of halogens is 3. The molecule has 0 unspecified atom stereocenters. The number of methoxy groups -OCH3 is 1. The molecule has 18 heavy (non-hydrogen) atoms. The quantitative estimate of drug-likeness (QED) is 0.661. The number of para-hydroxylation sites is 2. The molecule has 0 spiro atoms. The normalized spacial score (nSPS) is 10.7. The summed E-state index contributed by atoms with van der Waals surface area (Å²) < 4.78 is 41.3. The molecule has 1 rings (SSSR count). The van der Waals surface area contributed by atoms with E-state index in [4.69, 9.17) is 4.74 Å². The van der Waals surface area contributed by atoms with E-state index in [1.807, 2.05) is 5.43 Å². The van der Waals surface area contributed by atoms with Gasteiger partial charge in [0.2, 0.25) is 6.41 Å². The van der Waals surface area contributed by atoms with Crippen LogP contribution >= 0.6 is 0 Å². The maximum absolute atomic E-state index is 12.2. The van der Waals surface area contributed by atoms with Crippen molar-refractivity contribution >= 4 is 18.0 Å². The van der Waals surface area contributed by atoms with Crippen LogP contribution < -0.4 is 10.2 Å². The number of nitrogens with one attached hydrogen (secondary N) is 1. The second kappa shape index (κ2) is 5.39. The molecule has 1 N–H and O–H groups in total. The van der Waals surface area contributed by atoms with Crippen LogP contribution in [0, 0.1) is 0 Å². The molecule has 98 valence electrons. The first-order valence-electron chi connectivity index (χ1n) is 4.65. The van der Waals surface area contributed by atoms with Crippen molar-refractivity contribution in [3.8, 4) is 5.75 Å². The van der Waals surface area contributed by atoms with Gasteiger partial charge in [-0.15, -0.1) is 0 Å². The minimum atomic E-state index is -5.14. The summed E-state index contributed by atoms with van der Waals surface area (Å²) in [6.45, 7) is 0. The van der Waals surface area contributed by atoms with Crippen LogP contribution in [0.4, 0.5) is 18.9 Å². The van der Waals surface area contributed by atoms with Gasteiger partial charge in [-0.2, -0.15) is 18.2 Å². The van der Waals surface area contributed by atoms with Crippen molar-refractivity contribution in [2.45, 2.75) is 6.18 Å². The van der Waals surface area contributed by atoms with E-state index in [0.717, 1.165) is 0 Å². The van der Waals surface area contributed by atoms with Crippen LogP contribution in [0.25, 0.3) is 0 Å². The molecule has 0 aliphatic rings. The Kier molecular flexibility index (Phi) is 4.13. The van der Waals surface area contributed by atoms with E-state index in [9.17, 15) is 22.8 Å². The van der Waals surface area contributed by atoms with E-state index < -0.39 is 12.1 Å². The number of hydrogen-bond donors (Lipinski definition) is 1. The number of imide groups is 1. The number of hydrazine groups is 1. The van der Waals surface area contributed by atoms with Crippen molar-refractivity contribution in [1.82, 2.24) is 5.01 Å². The lowest BCUT2D eigenvalue weighted by Gasteiger charge is -2.20. The van der Waals surface area contributed by atoms with Gasteiger partial charge in [0.25, 0.3) is 0 Å². The highest BCUT2D eigenvalue weighted by atomic mass is 19.4. The third kappa shape index (κ3) is 3.12. The van der Waals surface area contributed by atoms with Crippen molar-refractivity contribution in [3.63, 3.8) is 0 Å². The Labute approximate surface area is 100 Å². The van der Waals surface area contributed by atoms with Crippen molar-refractivity contribution in [3.05, 3.63) is 24.3 Å². The lowest BCUT2D eigenvalue weighted by molar-refractivity contribution is -0.184. The van der Waals surface area contributed by atoms with Gasteiger partial charge in [0.15, 0.2) is 0 Å². The summed E-state index contributed by atoms with van der Waals surface area (Å²) in [6, 6.07) is 5.91. The Morgan fingerprint density at radius 2 is 2.00 bits per heavy atom. The standard InChI is InChI=1S/C10H9F3N2O3/c1-18-8-5-3-2-4-7(8)14-15(6-16)9(17)10(11,12)13/h2-6,14H,1H3. The summed E-state index contributed by atoms with van der Waals surface area (Å²) in [4.78, 5) is 21.4. The Hall–Kier alpha value is -2.25. The topological polar surface area (TPSA) is 58.6 Å². The van der Waals surface area contributed by atoms with Crippen LogP contribution in [0.1, 0.15) is 0 Å². The minimum Gasteiger partial charge on any atom is -0.495 e. The van der Waals surface area contributed by atoms with Crippen molar-refractivity contribution in [2.24, 2.45) is 0 Å². The molecule has 0 aromatic heterocycles. The summed E-state index contributed by atoms with van der Waals surface area (Å²) in [5.41, 5.74) is 2.09. The molecule has 1 aromatic carbocycles. The Morgan fingerprint density at radius 3 is 2.50 bits per heavy atom. The summed E-state index contributed by atoms with van der Waals surface area (Å²) >= 11 is 0. The molecule has 5 nitrogen and oxygen atoms in total. The van der Waals surface area contributed by atoms with Crippen molar-refractivity contribution in [1.29, 1.82) is 0 Å². The summed E-state index contributed by atoms with van der Waals surface area (Å²) in [5, 5.41) is -0.197. The molecule has 0 radical (unpaired) electrons. The number of alkyl halides is 3. The molecule has 8 heteroatoms. The third-order valence-electron chi connectivity index (χ3n) is 1.91. The summed E-state index contributed by atoms with van der Waals surface area (Å²) in [7, 11) is 1.30. The van der Waals surface area contributed by atoms with Gasteiger partial charge in [-0.3, -0.25) is 15.0 Å². The fourth-order valence-corrected chi connectivity index (χ4v) is 1.13. The molecule has 0 aliphatic heterocycles. The fraction of sp³-hybridized carbons (Fsp3) is 0.200. The predicted octanol–water partition coefficient (Wildman–Crippen LogP) is 1.57. The van der Waals surface area contributed by atoms with Crippen LogP contribution in [0.2, 0.25) is 0 Å². The van der Waals surface area contributed by atoms with Gasteiger partial charge in [0.05, 0.1) is 12.8 Å². The number of ether oxygens (including phenoxy) is 1. The van der Waals surface area contributed by atoms with E-state index >= 15 is 0 Å². The maximum Gasteiger partial charge on any atom is 0.473 e. The number of rotatable bonds is 4. The zero-order chi connectivity index (χ0) is 13.8. The lowest BCUT2D eigenvalue weighted by Crippen LogP contribution is -2.43. The average molecular weight is 262 g/mol. The van der Waals surface area contributed by atoms with Crippen molar-refractivity contribution < 1.29 is 27.5 Å². The first-order valence-corrected chi connectivity index (χ1v) is 4.65. The summed E-state index contributed by atoms with van der Waals surface area (Å²) in [5.74, 6) is -2.12. The van der Waals surface area contributed by atoms with Gasteiger partial charge in [-0.05, 0) is 12.1 Å². The zero-order valence-electron chi connectivity index (χ0n) is 9.19. The Bertz CT molecular complexity index is 448. The molecule has 0 saturated carbocycles. The highest BCUT2D eigenvalue weighted by Gasteiger charge is 2.43. The van der Waals surface area contributed by atoms with Crippen LogP contribution in [0.5, 0.6) is 5.75 Å². The predicted molar refractivity (Wildman–Crippen MR) is 55.6 cm³/mol. The largest absolute Gasteiger partial charge is 0.495 e. The monoisotopic (exact) mass is 262 g/mol. The maximum atomic E-state index is 12.2. The van der Waals surface area contributed by atoms with E-state index in [1.165, 1.54) is 25.3 Å². The molecule has 0 saturated heterocycles. The van der Waals surface area contributed by atoms with Gasteiger partial charge in [-0.25, -0.2) is 0 Å². The number of carbonyl (C=O) groups is 2. The number of nitrogens with zero attached hydrogens (tertiary/aromatic N) is 1. The van der Waals surface area contributed by atoms with Gasteiger partial charge < -0.3 is 4.74 Å². The highest BCUT2D eigenvalue weighted by Crippen LogP contribution is 2.25. The number of hydrogen-bond acceptors (Lipinski definition) is 4. The highest BCUT2D eigenvalue weighted by molar-refractivity contribution is 5.91. The molecule has 1 aromatic rings. The van der Waals surface area contributed by atoms with Gasteiger partial charge in [0, 0.05) is 0 Å². The molecule has 0 atom stereocenters. The van der Waals surface area contributed by atoms with Crippen LogP contribution in [0.15, 0.2) is 24.3 Å². The van der Waals surface area contributed by atoms with E-state index in [2.05, 4.69) is 0 Å². The number of benzene rings is 1. The SMILES string of the molecule is COc1ccccc1NN(C=O)C(=O)C(F)(F)F. The van der Waals surface area contributed by atoms with Crippen LogP contribution in [-0.2, 0) is 9.59 Å². The van der Waals surface area contributed by atoms with E-state index in [1.54, 1.807) is 6.07 Å². The number of anilines is 1. The third-order valence-corrected chi connectivity index (χ3v) is 1.91. The molecule has 0 aliphatic carbocycles. The first kappa shape index (κ1) is 13.8. The van der Waals surface area contributed by atoms with E-state index in [-0.39, 0.29) is 22.9 Å². The summed E-state index contributed by atoms with van der Waals surface area (Å²) in [6.07, 6.45) is -5.40. The van der Waals surface area contributed by atoms with Gasteiger partial charge >= 0.3 is 12.1 Å². The van der Waals surface area contributed by atoms with E-state index in [0.29, 0.717) is 0 Å². The van der Waals surface area contributed by atoms with Crippen LogP contribution in [0.3, 0.4) is 0 Å². The lowest BCUT2D eigenvalue weighted by atomic mass is 10.3. The molecular weight excluding hydrogens is 253 g/mol. The number of carbonyl (C=O) groups excluding carboxylic acids is 2. The fourth-order valence-electron chi connectivity index (χ4n) is 1.13. The molecule has 0 bridgehead atoms. The second-order valence-electron chi connectivity index (χ2n) is 3.09. The first-order chi connectivity index (χ1) is 8.40. The molecule has 2 amide bonds. The molecule has 0 fully saturated rings. The van der Waals surface area contributed by atoms with Gasteiger partial charge in [0.1, 0.15) is 5.75 Å². The average Bonchev–Trinajstić information content (AvgIpc) is 2.34. The Balaban J connectivity index is 2.93. The molecule has 0 heterocycles. The smallest absolute Gasteiger partial charge is 0.473 e. The molecular formula is C10H9F3N2O3. The van der Waals surface area contributed by atoms with Crippen molar-refractivity contribution in [2.75, 3.05) is 12.5 Å². The van der Waals surface area contributed by atoms with Gasteiger partial charge in [-0.1, -0.05) is 12.1 Å². The Morgan fingerprint density at radius 1 is 1.39 bits per heavy atom. The van der Waals surface area contributed by atoms with Crippen LogP contribution in [-0.4, -0.2) is 30.6 Å². The second-order valence-corrected chi connectivity index (χ2v) is 3.09. The number of amides is 2. The minimum absolute atomic E-state index is 0.0599. The zero-order valence-corrected chi connectivity index (χ0v) is 9.19.